The highest BCUT2D eigenvalue weighted by atomic mass is 16.5. The fourth-order valence-electron chi connectivity index (χ4n) is 3.85. The molecule has 0 radical (unpaired) electrons. The van der Waals surface area contributed by atoms with E-state index in [-0.39, 0.29) is 12.5 Å². The molecule has 1 aliphatic heterocycles. The lowest BCUT2D eigenvalue weighted by Gasteiger charge is -2.37. The largest absolute Gasteiger partial charge is 0.481 e. The van der Waals surface area contributed by atoms with Crippen LogP contribution in [0.1, 0.15) is 35.4 Å². The van der Waals surface area contributed by atoms with Crippen LogP contribution >= 0.6 is 0 Å². The molecule has 5 nitrogen and oxygen atoms in total. The van der Waals surface area contributed by atoms with Crippen molar-refractivity contribution in [3.05, 3.63) is 71.3 Å². The molecule has 5 heteroatoms. The van der Waals surface area contributed by atoms with Crippen molar-refractivity contribution in [3.8, 4) is 0 Å². The number of rotatable bonds is 6. The van der Waals surface area contributed by atoms with Crippen molar-refractivity contribution in [2.75, 3.05) is 19.8 Å². The number of benzene rings is 2. The third-order valence-electron chi connectivity index (χ3n) is 5.41. The maximum absolute atomic E-state index is 13.3. The van der Waals surface area contributed by atoms with E-state index in [0.717, 1.165) is 11.1 Å². The molecule has 1 atom stereocenters. The van der Waals surface area contributed by atoms with Gasteiger partial charge in [-0.2, -0.15) is 0 Å². The van der Waals surface area contributed by atoms with Crippen molar-refractivity contribution in [1.82, 2.24) is 5.32 Å². The van der Waals surface area contributed by atoms with E-state index < -0.39 is 17.3 Å². The molecule has 3 rings (SSSR count). The number of carbonyl (C=O) groups is 2. The highest BCUT2D eigenvalue weighted by molar-refractivity contribution is 5.89. The van der Waals surface area contributed by atoms with Crippen molar-refractivity contribution in [1.29, 1.82) is 0 Å². The van der Waals surface area contributed by atoms with Gasteiger partial charge in [0, 0.05) is 19.8 Å². The number of carboxylic acids is 1. The first kappa shape index (κ1) is 19.1. The standard InChI is InChI=1S/C22H25NO4/c1-16-7-5-6-10-19(16)22(11-13-27-14-12-22)21(26)23-15-18(20(24)25)17-8-3-2-4-9-17/h2-10,18H,11-15H2,1H3,(H,23,26)(H,24,25). The number of ether oxygens (including phenoxy) is 1. The molecule has 0 aliphatic carbocycles. The second kappa shape index (κ2) is 8.35. The average molecular weight is 367 g/mol. The zero-order valence-corrected chi connectivity index (χ0v) is 15.5. The number of amides is 1. The molecule has 1 heterocycles. The molecule has 0 spiro atoms. The van der Waals surface area contributed by atoms with Crippen LogP contribution < -0.4 is 5.32 Å². The van der Waals surface area contributed by atoms with E-state index >= 15 is 0 Å². The molecule has 2 N–H and O–H groups in total. The van der Waals surface area contributed by atoms with Crippen molar-refractivity contribution >= 4 is 11.9 Å². The third-order valence-corrected chi connectivity index (χ3v) is 5.41. The van der Waals surface area contributed by atoms with Crippen LogP contribution in [-0.4, -0.2) is 36.7 Å². The summed E-state index contributed by atoms with van der Waals surface area (Å²) in [6.45, 7) is 3.10. The van der Waals surface area contributed by atoms with Crippen LogP contribution in [-0.2, 0) is 19.7 Å². The van der Waals surface area contributed by atoms with Gasteiger partial charge < -0.3 is 15.2 Å². The Morgan fingerprint density at radius 3 is 2.33 bits per heavy atom. The minimum atomic E-state index is -0.946. The Bertz CT molecular complexity index is 797. The number of carboxylic acid groups (broad SMARTS) is 1. The van der Waals surface area contributed by atoms with Crippen LogP contribution in [0.5, 0.6) is 0 Å². The predicted octanol–water partition coefficient (Wildman–Crippen LogP) is 3.03. The van der Waals surface area contributed by atoms with Gasteiger partial charge in [0.2, 0.25) is 5.91 Å². The lowest BCUT2D eigenvalue weighted by molar-refractivity contribution is -0.139. The van der Waals surface area contributed by atoms with Gasteiger partial charge in [-0.05, 0) is 36.5 Å². The first-order valence-corrected chi connectivity index (χ1v) is 9.24. The molecule has 142 valence electrons. The topological polar surface area (TPSA) is 75.6 Å². The third kappa shape index (κ3) is 4.03. The van der Waals surface area contributed by atoms with E-state index in [2.05, 4.69) is 5.32 Å². The summed E-state index contributed by atoms with van der Waals surface area (Å²) in [5, 5.41) is 12.5. The van der Waals surface area contributed by atoms with Gasteiger partial charge in [-0.25, -0.2) is 0 Å². The van der Waals surface area contributed by atoms with Gasteiger partial charge in [0.25, 0.3) is 0 Å². The smallest absolute Gasteiger partial charge is 0.312 e. The summed E-state index contributed by atoms with van der Waals surface area (Å²) in [6.07, 6.45) is 1.18. The Labute approximate surface area is 159 Å². The van der Waals surface area contributed by atoms with Gasteiger partial charge in [-0.3, -0.25) is 9.59 Å². The number of nitrogens with one attached hydrogen (secondary N) is 1. The minimum Gasteiger partial charge on any atom is -0.481 e. The second-order valence-electron chi connectivity index (χ2n) is 7.02. The van der Waals surface area contributed by atoms with Crippen molar-refractivity contribution in [3.63, 3.8) is 0 Å². The number of aliphatic carboxylic acids is 1. The Kier molecular flexibility index (Phi) is 5.91. The highest BCUT2D eigenvalue weighted by Crippen LogP contribution is 2.37. The second-order valence-corrected chi connectivity index (χ2v) is 7.02. The van der Waals surface area contributed by atoms with E-state index in [1.165, 1.54) is 0 Å². The minimum absolute atomic E-state index is 0.0622. The number of carbonyl (C=O) groups excluding carboxylic acids is 1. The molecule has 1 unspecified atom stereocenters. The first-order valence-electron chi connectivity index (χ1n) is 9.24. The van der Waals surface area contributed by atoms with Gasteiger partial charge in [0.1, 0.15) is 0 Å². The number of hydrogen-bond donors (Lipinski definition) is 2. The van der Waals surface area contributed by atoms with Gasteiger partial charge in [0.15, 0.2) is 0 Å². The normalized spacial score (nSPS) is 17.1. The van der Waals surface area contributed by atoms with Gasteiger partial charge in [-0.1, -0.05) is 54.6 Å². The van der Waals surface area contributed by atoms with Gasteiger partial charge >= 0.3 is 5.97 Å². The Balaban J connectivity index is 1.83. The van der Waals surface area contributed by atoms with Gasteiger partial charge in [-0.15, -0.1) is 0 Å². The highest BCUT2D eigenvalue weighted by Gasteiger charge is 2.42. The Hall–Kier alpha value is -2.66. The molecule has 0 bridgehead atoms. The van der Waals surface area contributed by atoms with E-state index in [1.807, 2.05) is 37.3 Å². The zero-order valence-electron chi connectivity index (χ0n) is 15.5. The fraction of sp³-hybridized carbons (Fsp3) is 0.364. The molecule has 1 amide bonds. The molecule has 27 heavy (non-hydrogen) atoms. The molecule has 2 aromatic carbocycles. The van der Waals surface area contributed by atoms with E-state index in [0.29, 0.717) is 31.6 Å². The predicted molar refractivity (Wildman–Crippen MR) is 103 cm³/mol. The molecule has 1 aliphatic rings. The first-order chi connectivity index (χ1) is 13.0. The summed E-state index contributed by atoms with van der Waals surface area (Å²) in [5.41, 5.74) is 2.07. The van der Waals surface area contributed by atoms with E-state index in [9.17, 15) is 14.7 Å². The summed E-state index contributed by atoms with van der Waals surface area (Å²) in [7, 11) is 0. The SMILES string of the molecule is Cc1ccccc1C1(C(=O)NCC(C(=O)O)c2ccccc2)CCOCC1. The lowest BCUT2D eigenvalue weighted by atomic mass is 9.71. The monoisotopic (exact) mass is 367 g/mol. The lowest BCUT2D eigenvalue weighted by Crippen LogP contribution is -2.49. The molecular formula is C22H25NO4. The summed E-state index contributed by atoms with van der Waals surface area (Å²) in [5.74, 6) is -1.84. The summed E-state index contributed by atoms with van der Waals surface area (Å²) >= 11 is 0. The summed E-state index contributed by atoms with van der Waals surface area (Å²) in [6, 6.07) is 16.9. The molecular weight excluding hydrogens is 342 g/mol. The molecule has 2 aromatic rings. The van der Waals surface area contributed by atoms with Crippen molar-refractivity contribution in [2.24, 2.45) is 0 Å². The number of hydrogen-bond acceptors (Lipinski definition) is 3. The van der Waals surface area contributed by atoms with Crippen LogP contribution in [0.25, 0.3) is 0 Å². The summed E-state index contributed by atoms with van der Waals surface area (Å²) in [4.78, 5) is 25.0. The van der Waals surface area contributed by atoms with Crippen LogP contribution in [0.15, 0.2) is 54.6 Å². The van der Waals surface area contributed by atoms with Gasteiger partial charge in [0.05, 0.1) is 11.3 Å². The maximum Gasteiger partial charge on any atom is 0.312 e. The van der Waals surface area contributed by atoms with Crippen LogP contribution in [0.3, 0.4) is 0 Å². The number of aryl methyl sites for hydroxylation is 1. The van der Waals surface area contributed by atoms with Crippen molar-refractivity contribution in [2.45, 2.75) is 31.1 Å². The Morgan fingerprint density at radius 2 is 1.70 bits per heavy atom. The molecule has 1 fully saturated rings. The fourth-order valence-corrected chi connectivity index (χ4v) is 3.85. The van der Waals surface area contributed by atoms with Crippen LogP contribution in [0.4, 0.5) is 0 Å². The zero-order chi connectivity index (χ0) is 19.3. The van der Waals surface area contributed by atoms with Crippen molar-refractivity contribution < 1.29 is 19.4 Å². The Morgan fingerprint density at radius 1 is 1.07 bits per heavy atom. The molecule has 1 saturated heterocycles. The molecule has 0 saturated carbocycles. The molecule has 0 aromatic heterocycles. The maximum atomic E-state index is 13.3. The average Bonchev–Trinajstić information content (AvgIpc) is 2.69. The van der Waals surface area contributed by atoms with E-state index in [1.54, 1.807) is 24.3 Å². The quantitative estimate of drug-likeness (QED) is 0.823. The van der Waals surface area contributed by atoms with E-state index in [4.69, 9.17) is 4.74 Å². The summed E-state index contributed by atoms with van der Waals surface area (Å²) < 4.78 is 5.50. The van der Waals surface area contributed by atoms with Crippen LogP contribution in [0, 0.1) is 6.92 Å². The van der Waals surface area contributed by atoms with Crippen LogP contribution in [0.2, 0.25) is 0 Å².